The van der Waals surface area contributed by atoms with E-state index >= 15 is 0 Å². The third kappa shape index (κ3) is 3.80. The number of carbonyl (C=O) groups is 1. The van der Waals surface area contributed by atoms with Crippen LogP contribution in [0.4, 0.5) is 0 Å². The number of nitrogens with one attached hydrogen (secondary N) is 2. The van der Waals surface area contributed by atoms with Crippen LogP contribution in [0.3, 0.4) is 0 Å². The summed E-state index contributed by atoms with van der Waals surface area (Å²) < 4.78 is 0. The Kier molecular flexibility index (Phi) is 5.12. The fourth-order valence-corrected chi connectivity index (χ4v) is 1.93. The van der Waals surface area contributed by atoms with Crippen molar-refractivity contribution >= 4 is 5.91 Å². The van der Waals surface area contributed by atoms with Gasteiger partial charge in [-0.25, -0.2) is 0 Å². The molecule has 0 aromatic heterocycles. The lowest BCUT2D eigenvalue weighted by Gasteiger charge is -2.23. The molecule has 3 nitrogen and oxygen atoms in total. The van der Waals surface area contributed by atoms with Gasteiger partial charge in [0.15, 0.2) is 0 Å². The van der Waals surface area contributed by atoms with Crippen molar-refractivity contribution in [1.82, 2.24) is 10.6 Å². The van der Waals surface area contributed by atoms with Crippen molar-refractivity contribution in [3.8, 4) is 0 Å². The average molecular weight is 262 g/mol. The molecule has 0 saturated heterocycles. The highest BCUT2D eigenvalue weighted by Crippen LogP contribution is 2.17. The summed E-state index contributed by atoms with van der Waals surface area (Å²) in [5.41, 5.74) is 4.80. The highest BCUT2D eigenvalue weighted by atomic mass is 16.2. The Balaban J connectivity index is 2.60. The van der Waals surface area contributed by atoms with Crippen molar-refractivity contribution in [1.29, 1.82) is 0 Å². The van der Waals surface area contributed by atoms with E-state index in [-0.39, 0.29) is 5.91 Å². The zero-order valence-electron chi connectivity index (χ0n) is 13.0. The first-order chi connectivity index (χ1) is 8.79. The maximum absolute atomic E-state index is 11.9. The minimum Gasteiger partial charge on any atom is -0.354 e. The molecule has 0 radical (unpaired) electrons. The van der Waals surface area contributed by atoms with Crippen LogP contribution in [-0.2, 0) is 11.2 Å². The molecular weight excluding hydrogens is 236 g/mol. The maximum Gasteiger partial charge on any atom is 0.239 e. The predicted molar refractivity (Wildman–Crippen MR) is 80.5 cm³/mol. The van der Waals surface area contributed by atoms with Gasteiger partial charge in [-0.1, -0.05) is 12.1 Å². The van der Waals surface area contributed by atoms with E-state index in [1.807, 2.05) is 13.8 Å². The first-order valence-corrected chi connectivity index (χ1v) is 6.82. The number of amides is 1. The fourth-order valence-electron chi connectivity index (χ4n) is 1.93. The summed E-state index contributed by atoms with van der Waals surface area (Å²) in [5, 5.41) is 5.99. The average Bonchev–Trinajstić information content (AvgIpc) is 2.38. The molecule has 0 aliphatic rings. The first kappa shape index (κ1) is 15.7. The van der Waals surface area contributed by atoms with Gasteiger partial charge in [0.2, 0.25) is 5.91 Å². The number of aryl methyl sites for hydroxylation is 1. The van der Waals surface area contributed by atoms with Gasteiger partial charge in [0.05, 0.1) is 5.54 Å². The number of benzene rings is 1. The van der Waals surface area contributed by atoms with Crippen LogP contribution in [0.25, 0.3) is 0 Å². The quantitative estimate of drug-likeness (QED) is 0.854. The van der Waals surface area contributed by atoms with E-state index in [9.17, 15) is 4.79 Å². The van der Waals surface area contributed by atoms with Crippen molar-refractivity contribution in [3.05, 3.63) is 34.4 Å². The lowest BCUT2D eigenvalue weighted by molar-refractivity contribution is -0.126. The van der Waals surface area contributed by atoms with Gasteiger partial charge in [-0.3, -0.25) is 4.79 Å². The molecule has 106 valence electrons. The zero-order chi connectivity index (χ0) is 14.6. The summed E-state index contributed by atoms with van der Waals surface area (Å²) in [4.78, 5) is 11.9. The minimum atomic E-state index is -0.516. The molecule has 3 heteroatoms. The third-order valence-corrected chi connectivity index (χ3v) is 4.04. The molecular formula is C16H26N2O. The van der Waals surface area contributed by atoms with Crippen LogP contribution in [0.2, 0.25) is 0 Å². The summed E-state index contributed by atoms with van der Waals surface area (Å²) in [6, 6.07) is 4.31. The molecule has 2 N–H and O–H groups in total. The first-order valence-electron chi connectivity index (χ1n) is 6.82. The number of rotatable bonds is 5. The van der Waals surface area contributed by atoms with Crippen molar-refractivity contribution in [2.75, 3.05) is 13.6 Å². The highest BCUT2D eigenvalue weighted by molar-refractivity contribution is 5.85. The zero-order valence-corrected chi connectivity index (χ0v) is 13.0. The maximum atomic E-state index is 11.9. The van der Waals surface area contributed by atoms with E-state index in [4.69, 9.17) is 0 Å². The van der Waals surface area contributed by atoms with E-state index in [1.54, 1.807) is 7.05 Å². The van der Waals surface area contributed by atoms with Crippen molar-refractivity contribution in [3.63, 3.8) is 0 Å². The molecule has 0 spiro atoms. The van der Waals surface area contributed by atoms with Crippen molar-refractivity contribution in [2.45, 2.75) is 46.6 Å². The largest absolute Gasteiger partial charge is 0.354 e. The summed E-state index contributed by atoms with van der Waals surface area (Å²) in [6.07, 6.45) is 0.873. The Bertz CT molecular complexity index is 464. The Hall–Kier alpha value is -1.35. The number of likely N-dealkylation sites (N-methyl/N-ethyl adjacent to an activating group) is 1. The summed E-state index contributed by atoms with van der Waals surface area (Å²) in [7, 11) is 1.80. The summed E-state index contributed by atoms with van der Waals surface area (Å²) >= 11 is 0. The van der Waals surface area contributed by atoms with E-state index in [2.05, 4.69) is 43.5 Å². The molecule has 0 aliphatic heterocycles. The van der Waals surface area contributed by atoms with Crippen molar-refractivity contribution in [2.24, 2.45) is 0 Å². The molecule has 0 saturated carbocycles. The lowest BCUT2D eigenvalue weighted by Crippen LogP contribution is -2.51. The van der Waals surface area contributed by atoms with Crippen LogP contribution in [-0.4, -0.2) is 25.0 Å². The van der Waals surface area contributed by atoms with Crippen LogP contribution >= 0.6 is 0 Å². The topological polar surface area (TPSA) is 41.1 Å². The third-order valence-electron chi connectivity index (χ3n) is 4.04. The van der Waals surface area contributed by atoms with Crippen LogP contribution in [0.1, 0.15) is 36.1 Å². The Morgan fingerprint density at radius 3 is 2.37 bits per heavy atom. The molecule has 0 heterocycles. The number of carbonyl (C=O) groups excluding carboxylic acids is 1. The second-order valence-electron chi connectivity index (χ2n) is 5.67. The highest BCUT2D eigenvalue weighted by Gasteiger charge is 2.24. The van der Waals surface area contributed by atoms with Crippen LogP contribution in [0, 0.1) is 20.8 Å². The van der Waals surface area contributed by atoms with Crippen LogP contribution in [0.15, 0.2) is 12.1 Å². The molecule has 1 amide bonds. The summed E-state index contributed by atoms with van der Waals surface area (Å²) in [6.45, 7) is 10.9. The predicted octanol–water partition coefficient (Wildman–Crippen LogP) is 2.27. The van der Waals surface area contributed by atoms with Gasteiger partial charge in [0.1, 0.15) is 0 Å². The molecule has 19 heavy (non-hydrogen) atoms. The van der Waals surface area contributed by atoms with Gasteiger partial charge in [-0.2, -0.15) is 0 Å². The molecule has 0 atom stereocenters. The second-order valence-corrected chi connectivity index (χ2v) is 5.67. The van der Waals surface area contributed by atoms with Gasteiger partial charge in [-0.05, 0) is 70.3 Å². The smallest absolute Gasteiger partial charge is 0.239 e. The van der Waals surface area contributed by atoms with Crippen LogP contribution in [0.5, 0.6) is 0 Å². The van der Waals surface area contributed by atoms with E-state index in [1.165, 1.54) is 22.3 Å². The Morgan fingerprint density at radius 1 is 1.16 bits per heavy atom. The van der Waals surface area contributed by atoms with Crippen molar-refractivity contribution < 1.29 is 4.79 Å². The molecule has 1 aromatic rings. The molecule has 0 bridgehead atoms. The minimum absolute atomic E-state index is 0.0384. The molecule has 0 fully saturated rings. The lowest BCUT2D eigenvalue weighted by atomic mass is 9.97. The van der Waals surface area contributed by atoms with Gasteiger partial charge >= 0.3 is 0 Å². The summed E-state index contributed by atoms with van der Waals surface area (Å²) in [5.74, 6) is 0.0384. The SMILES string of the molecule is CNC(C)(C)C(=O)NCCc1ccc(C)c(C)c1C. The Labute approximate surface area is 116 Å². The van der Waals surface area contributed by atoms with Gasteiger partial charge in [0.25, 0.3) is 0 Å². The standard InChI is InChI=1S/C16H26N2O/c1-11-7-8-14(13(3)12(11)2)9-10-18-15(19)16(4,5)17-6/h7-8,17H,9-10H2,1-6H3,(H,18,19). The molecule has 1 aromatic carbocycles. The van der Waals surface area contributed by atoms with Gasteiger partial charge < -0.3 is 10.6 Å². The molecule has 0 aliphatic carbocycles. The van der Waals surface area contributed by atoms with Crippen LogP contribution < -0.4 is 10.6 Å². The van der Waals surface area contributed by atoms with E-state index in [0.717, 1.165) is 6.42 Å². The van der Waals surface area contributed by atoms with E-state index in [0.29, 0.717) is 6.54 Å². The van der Waals surface area contributed by atoms with Gasteiger partial charge in [-0.15, -0.1) is 0 Å². The normalized spacial score (nSPS) is 11.5. The van der Waals surface area contributed by atoms with Gasteiger partial charge in [0, 0.05) is 6.54 Å². The number of hydrogen-bond acceptors (Lipinski definition) is 2. The monoisotopic (exact) mass is 262 g/mol. The molecule has 1 rings (SSSR count). The fraction of sp³-hybridized carbons (Fsp3) is 0.562. The molecule has 0 unspecified atom stereocenters. The Morgan fingerprint density at radius 2 is 1.79 bits per heavy atom. The second kappa shape index (κ2) is 6.20. The van der Waals surface area contributed by atoms with E-state index < -0.39 is 5.54 Å². The number of hydrogen-bond donors (Lipinski definition) is 2.